The maximum absolute atomic E-state index is 11.9. The second-order valence-electron chi connectivity index (χ2n) is 5.08. The molecular weight excluding hydrogens is 252 g/mol. The molecule has 0 radical (unpaired) electrons. The molecule has 0 saturated heterocycles. The summed E-state index contributed by atoms with van der Waals surface area (Å²) in [6, 6.07) is 7.62. The fourth-order valence-corrected chi connectivity index (χ4v) is 1.88. The zero-order valence-electron chi connectivity index (χ0n) is 12.1. The number of aromatic nitrogens is 2. The highest BCUT2D eigenvalue weighted by Gasteiger charge is 2.07. The third-order valence-electron chi connectivity index (χ3n) is 2.80. The summed E-state index contributed by atoms with van der Waals surface area (Å²) in [6.45, 7) is 4.58. The maximum atomic E-state index is 11.9. The molecule has 2 rings (SSSR count). The van der Waals surface area contributed by atoms with Crippen LogP contribution in [0.1, 0.15) is 29.8 Å². The summed E-state index contributed by atoms with van der Waals surface area (Å²) in [5.74, 6) is -0.0509. The molecule has 2 aromatic rings. The molecule has 0 atom stereocenters. The van der Waals surface area contributed by atoms with Crippen molar-refractivity contribution in [1.29, 1.82) is 0 Å². The molecule has 1 heterocycles. The predicted octanol–water partition coefficient (Wildman–Crippen LogP) is 2.17. The van der Waals surface area contributed by atoms with E-state index in [1.165, 1.54) is 0 Å². The summed E-state index contributed by atoms with van der Waals surface area (Å²) in [4.78, 5) is 11.9. The number of aryl methyl sites for hydroxylation is 1. The smallest absolute Gasteiger partial charge is 0.251 e. The minimum Gasteiger partial charge on any atom is -0.381 e. The molecule has 5 nitrogen and oxygen atoms in total. The second kappa shape index (κ2) is 6.23. The van der Waals surface area contributed by atoms with Gasteiger partial charge in [-0.15, -0.1) is 0 Å². The summed E-state index contributed by atoms with van der Waals surface area (Å²) in [7, 11) is 1.89. The van der Waals surface area contributed by atoms with Gasteiger partial charge in [0.15, 0.2) is 0 Å². The van der Waals surface area contributed by atoms with Crippen molar-refractivity contribution in [2.75, 3.05) is 5.32 Å². The number of carbonyl (C=O) groups is 1. The average molecular weight is 272 g/mol. The first-order chi connectivity index (χ1) is 9.54. The normalized spacial score (nSPS) is 10.6. The Kier molecular flexibility index (Phi) is 4.40. The molecule has 2 N–H and O–H groups in total. The molecule has 0 spiro atoms. The Hall–Kier alpha value is -2.30. The number of hydrogen-bond acceptors (Lipinski definition) is 3. The van der Waals surface area contributed by atoms with Gasteiger partial charge in [-0.2, -0.15) is 5.10 Å². The van der Waals surface area contributed by atoms with Crippen molar-refractivity contribution in [3.63, 3.8) is 0 Å². The van der Waals surface area contributed by atoms with Crippen LogP contribution in [-0.4, -0.2) is 21.7 Å². The van der Waals surface area contributed by atoms with E-state index in [0.717, 1.165) is 11.3 Å². The van der Waals surface area contributed by atoms with Gasteiger partial charge in [-0.25, -0.2) is 0 Å². The van der Waals surface area contributed by atoms with E-state index in [1.54, 1.807) is 4.68 Å². The fourth-order valence-electron chi connectivity index (χ4n) is 1.88. The number of carbonyl (C=O) groups excluding carboxylic acids is 1. The van der Waals surface area contributed by atoms with Crippen LogP contribution in [0.2, 0.25) is 0 Å². The monoisotopic (exact) mass is 272 g/mol. The van der Waals surface area contributed by atoms with Crippen LogP contribution in [0.25, 0.3) is 0 Å². The number of nitrogens with zero attached hydrogens (tertiary/aromatic N) is 2. The maximum Gasteiger partial charge on any atom is 0.251 e. The highest BCUT2D eigenvalue weighted by atomic mass is 16.1. The van der Waals surface area contributed by atoms with E-state index in [2.05, 4.69) is 15.7 Å². The molecule has 0 aliphatic heterocycles. The van der Waals surface area contributed by atoms with Crippen LogP contribution in [0.5, 0.6) is 0 Å². The number of hydrogen-bond donors (Lipinski definition) is 2. The van der Waals surface area contributed by atoms with Crippen LogP contribution in [0.3, 0.4) is 0 Å². The van der Waals surface area contributed by atoms with E-state index in [4.69, 9.17) is 0 Å². The predicted molar refractivity (Wildman–Crippen MR) is 79.6 cm³/mol. The lowest BCUT2D eigenvalue weighted by atomic mass is 10.1. The topological polar surface area (TPSA) is 59.0 Å². The quantitative estimate of drug-likeness (QED) is 0.877. The van der Waals surface area contributed by atoms with Crippen LogP contribution in [0.4, 0.5) is 5.69 Å². The molecule has 5 heteroatoms. The minimum absolute atomic E-state index is 0.0509. The van der Waals surface area contributed by atoms with E-state index >= 15 is 0 Å². The molecule has 106 valence electrons. The number of rotatable bonds is 5. The van der Waals surface area contributed by atoms with Gasteiger partial charge in [-0.1, -0.05) is 6.07 Å². The van der Waals surface area contributed by atoms with Gasteiger partial charge >= 0.3 is 0 Å². The van der Waals surface area contributed by atoms with Gasteiger partial charge in [0.05, 0.1) is 6.20 Å². The second-order valence-corrected chi connectivity index (χ2v) is 5.08. The number of benzene rings is 1. The largest absolute Gasteiger partial charge is 0.381 e. The highest BCUT2D eigenvalue weighted by molar-refractivity contribution is 5.95. The first-order valence-electron chi connectivity index (χ1n) is 6.67. The lowest BCUT2D eigenvalue weighted by molar-refractivity contribution is 0.0943. The summed E-state index contributed by atoms with van der Waals surface area (Å²) >= 11 is 0. The van der Waals surface area contributed by atoms with Gasteiger partial charge in [0, 0.05) is 42.6 Å². The lowest BCUT2D eigenvalue weighted by Gasteiger charge is -2.10. The third-order valence-corrected chi connectivity index (χ3v) is 2.80. The van der Waals surface area contributed by atoms with Crippen LogP contribution < -0.4 is 10.6 Å². The molecule has 1 amide bonds. The molecule has 0 bridgehead atoms. The Morgan fingerprint density at radius 2 is 2.20 bits per heavy atom. The molecule has 20 heavy (non-hydrogen) atoms. The fraction of sp³-hybridized carbons (Fsp3) is 0.333. The first kappa shape index (κ1) is 14.1. The van der Waals surface area contributed by atoms with Gasteiger partial charge in [0.2, 0.25) is 0 Å². The zero-order chi connectivity index (χ0) is 14.5. The van der Waals surface area contributed by atoms with E-state index in [9.17, 15) is 4.79 Å². The van der Waals surface area contributed by atoms with Crippen LogP contribution in [-0.2, 0) is 13.6 Å². The molecule has 0 aliphatic rings. The van der Waals surface area contributed by atoms with Crippen molar-refractivity contribution >= 4 is 11.6 Å². The summed E-state index contributed by atoms with van der Waals surface area (Å²) in [5, 5.41) is 10.3. The summed E-state index contributed by atoms with van der Waals surface area (Å²) < 4.78 is 1.77. The van der Waals surface area contributed by atoms with E-state index in [1.807, 2.05) is 57.6 Å². The van der Waals surface area contributed by atoms with Crippen LogP contribution in [0.15, 0.2) is 36.7 Å². The molecular formula is C15H20N4O. The van der Waals surface area contributed by atoms with Gasteiger partial charge in [-0.05, 0) is 32.0 Å². The van der Waals surface area contributed by atoms with E-state index in [0.29, 0.717) is 12.1 Å². The molecule has 0 aliphatic carbocycles. The molecule has 0 saturated carbocycles. The number of nitrogens with one attached hydrogen (secondary N) is 2. The summed E-state index contributed by atoms with van der Waals surface area (Å²) in [6.07, 6.45) is 3.78. The van der Waals surface area contributed by atoms with Gasteiger partial charge in [0.1, 0.15) is 0 Å². The van der Waals surface area contributed by atoms with Crippen molar-refractivity contribution in [3.05, 3.63) is 47.8 Å². The molecule has 0 fully saturated rings. The molecule has 0 unspecified atom stereocenters. The highest BCUT2D eigenvalue weighted by Crippen LogP contribution is 2.12. The Labute approximate surface area is 119 Å². The lowest BCUT2D eigenvalue weighted by Crippen LogP contribution is -2.30. The molecule has 1 aromatic carbocycles. The Bertz CT molecular complexity index is 589. The van der Waals surface area contributed by atoms with Gasteiger partial charge in [-0.3, -0.25) is 9.48 Å². The zero-order valence-corrected chi connectivity index (χ0v) is 12.1. The average Bonchev–Trinajstić information content (AvgIpc) is 2.82. The van der Waals surface area contributed by atoms with Crippen molar-refractivity contribution < 1.29 is 4.79 Å². The van der Waals surface area contributed by atoms with Crippen molar-refractivity contribution in [2.24, 2.45) is 7.05 Å². The Morgan fingerprint density at radius 1 is 1.40 bits per heavy atom. The standard InChI is InChI=1S/C15H20N4O/c1-11(2)18-15(20)13-5-4-6-14(7-13)16-8-12-9-17-19(3)10-12/h4-7,9-11,16H,8H2,1-3H3,(H,18,20). The van der Waals surface area contributed by atoms with Crippen molar-refractivity contribution in [2.45, 2.75) is 26.4 Å². The minimum atomic E-state index is -0.0509. The van der Waals surface area contributed by atoms with Crippen molar-refractivity contribution in [1.82, 2.24) is 15.1 Å². The third kappa shape index (κ3) is 3.85. The summed E-state index contributed by atoms with van der Waals surface area (Å²) in [5.41, 5.74) is 2.68. The van der Waals surface area contributed by atoms with E-state index < -0.39 is 0 Å². The Balaban J connectivity index is 2.00. The van der Waals surface area contributed by atoms with Crippen molar-refractivity contribution in [3.8, 4) is 0 Å². The van der Waals surface area contributed by atoms with Crippen LogP contribution in [0, 0.1) is 0 Å². The van der Waals surface area contributed by atoms with E-state index in [-0.39, 0.29) is 11.9 Å². The molecule has 1 aromatic heterocycles. The number of amides is 1. The van der Waals surface area contributed by atoms with Crippen LogP contribution >= 0.6 is 0 Å². The SMILES string of the molecule is CC(C)NC(=O)c1cccc(NCc2cnn(C)c2)c1. The first-order valence-corrected chi connectivity index (χ1v) is 6.67. The Morgan fingerprint density at radius 3 is 2.85 bits per heavy atom. The number of anilines is 1. The van der Waals surface area contributed by atoms with Gasteiger partial charge < -0.3 is 10.6 Å². The van der Waals surface area contributed by atoms with Gasteiger partial charge in [0.25, 0.3) is 5.91 Å².